The lowest BCUT2D eigenvalue weighted by atomic mass is 9.99. The summed E-state index contributed by atoms with van der Waals surface area (Å²) < 4.78 is 69.6. The molecule has 4 rings (SSSR count). The number of para-hydroxylation sites is 1. The average Bonchev–Trinajstić information content (AvgIpc) is 3.08. The maximum Gasteiger partial charge on any atom is 0.264 e. The molecule has 2 amide bonds. The van der Waals surface area contributed by atoms with E-state index in [1.165, 1.54) is 0 Å². The lowest BCUT2D eigenvalue weighted by Gasteiger charge is -2.14. The summed E-state index contributed by atoms with van der Waals surface area (Å²) in [6.07, 6.45) is 0.429. The Morgan fingerprint density at radius 1 is 0.867 bits per heavy atom. The van der Waals surface area contributed by atoms with Crippen LogP contribution in [-0.2, 0) is 4.79 Å². The minimum absolute atomic E-state index is 0.190. The molecule has 0 saturated heterocycles. The molecule has 0 unspecified atom stereocenters. The minimum atomic E-state index is -2.34. The second-order valence-corrected chi connectivity index (χ2v) is 6.18. The van der Waals surface area contributed by atoms with Crippen LogP contribution < -0.4 is 11.1 Å². The summed E-state index contributed by atoms with van der Waals surface area (Å²) in [7, 11) is 0. The van der Waals surface area contributed by atoms with Gasteiger partial charge in [0.05, 0.1) is 16.8 Å². The van der Waals surface area contributed by atoms with Crippen molar-refractivity contribution < 1.29 is 31.5 Å². The summed E-state index contributed by atoms with van der Waals surface area (Å²) in [6.45, 7) is 0. The number of fused-ring (bicyclic) bond motifs is 1. The molecule has 0 aliphatic carbocycles. The Balaban J connectivity index is 1.98. The lowest BCUT2D eigenvalue weighted by Crippen LogP contribution is -2.36. The third-order valence-electron chi connectivity index (χ3n) is 4.41. The normalized spacial score (nSPS) is 14.8. The third-order valence-corrected chi connectivity index (χ3v) is 4.41. The zero-order valence-corrected chi connectivity index (χ0v) is 14.6. The highest BCUT2D eigenvalue weighted by molar-refractivity contribution is 6.34. The molecule has 6 nitrogen and oxygen atoms in total. The van der Waals surface area contributed by atoms with E-state index in [9.17, 15) is 31.5 Å². The smallest absolute Gasteiger partial charge is 0.264 e. The van der Waals surface area contributed by atoms with Gasteiger partial charge >= 0.3 is 0 Å². The number of carbonyl (C=O) groups is 2. The molecule has 3 N–H and O–H groups in total. The standard InChI is InChI=1S/C19H9F5N4O2/c20-11-8(12(21)14(23)15(24)13(11)22)6-9-16-10(19(30)26-18(9)29)17(25)28(27-16)7-4-2-1-3-5-7/h1-6H,25H2,(H,26,29,30)/b9-6+. The summed E-state index contributed by atoms with van der Waals surface area (Å²) in [6, 6.07) is 8.16. The summed E-state index contributed by atoms with van der Waals surface area (Å²) in [5.74, 6) is -13.2. The first kappa shape index (κ1) is 19.3. The van der Waals surface area contributed by atoms with Gasteiger partial charge in [-0.2, -0.15) is 5.10 Å². The van der Waals surface area contributed by atoms with Crippen LogP contribution in [0.5, 0.6) is 0 Å². The molecule has 1 aromatic heterocycles. The summed E-state index contributed by atoms with van der Waals surface area (Å²) in [5, 5.41) is 5.96. The van der Waals surface area contributed by atoms with Gasteiger partial charge in [-0.15, -0.1) is 0 Å². The lowest BCUT2D eigenvalue weighted by molar-refractivity contribution is -0.114. The van der Waals surface area contributed by atoms with Gasteiger partial charge in [0.25, 0.3) is 11.8 Å². The number of carbonyl (C=O) groups excluding carboxylic acids is 2. The molecule has 2 aromatic carbocycles. The fourth-order valence-electron chi connectivity index (χ4n) is 2.98. The molecule has 3 aromatic rings. The van der Waals surface area contributed by atoms with E-state index in [1.807, 2.05) is 5.32 Å². The number of nitrogens with two attached hydrogens (primary N) is 1. The van der Waals surface area contributed by atoms with Gasteiger partial charge in [0.2, 0.25) is 5.82 Å². The van der Waals surface area contributed by atoms with Crippen molar-refractivity contribution in [3.63, 3.8) is 0 Å². The second kappa shape index (κ2) is 6.79. The topological polar surface area (TPSA) is 90.0 Å². The second-order valence-electron chi connectivity index (χ2n) is 6.18. The van der Waals surface area contributed by atoms with Crippen LogP contribution >= 0.6 is 0 Å². The first-order valence-electron chi connectivity index (χ1n) is 8.25. The first-order chi connectivity index (χ1) is 14.2. The molecule has 0 bridgehead atoms. The van der Waals surface area contributed by atoms with E-state index in [0.717, 1.165) is 4.68 Å². The highest BCUT2D eigenvalue weighted by Gasteiger charge is 2.35. The quantitative estimate of drug-likeness (QED) is 0.219. The number of nitrogen functional groups attached to an aromatic ring is 1. The van der Waals surface area contributed by atoms with Gasteiger partial charge in [-0.3, -0.25) is 14.9 Å². The van der Waals surface area contributed by atoms with Crippen molar-refractivity contribution in [2.75, 3.05) is 5.73 Å². The van der Waals surface area contributed by atoms with Gasteiger partial charge in [0, 0.05) is 0 Å². The Hall–Kier alpha value is -4.02. The maximum absolute atomic E-state index is 14.1. The number of halogens is 5. The van der Waals surface area contributed by atoms with Gasteiger partial charge in [-0.1, -0.05) is 18.2 Å². The molecule has 152 valence electrons. The molecule has 1 aliphatic heterocycles. The van der Waals surface area contributed by atoms with Crippen LogP contribution in [0.2, 0.25) is 0 Å². The van der Waals surface area contributed by atoms with E-state index in [4.69, 9.17) is 5.73 Å². The summed E-state index contributed by atoms with van der Waals surface area (Å²) in [4.78, 5) is 24.5. The van der Waals surface area contributed by atoms with Crippen LogP contribution in [0, 0.1) is 29.1 Å². The Morgan fingerprint density at radius 3 is 2.03 bits per heavy atom. The molecule has 1 aliphatic rings. The molecule has 0 radical (unpaired) electrons. The number of nitrogens with zero attached hydrogens (tertiary/aromatic N) is 2. The Morgan fingerprint density at radius 2 is 1.43 bits per heavy atom. The van der Waals surface area contributed by atoms with Crippen LogP contribution in [0.15, 0.2) is 30.3 Å². The molecule has 0 saturated carbocycles. The van der Waals surface area contributed by atoms with Crippen LogP contribution in [0.3, 0.4) is 0 Å². The number of benzene rings is 2. The van der Waals surface area contributed by atoms with E-state index in [2.05, 4.69) is 5.10 Å². The molecule has 0 spiro atoms. The van der Waals surface area contributed by atoms with Crippen molar-refractivity contribution in [2.24, 2.45) is 0 Å². The first-order valence-corrected chi connectivity index (χ1v) is 8.25. The highest BCUT2D eigenvalue weighted by Crippen LogP contribution is 2.33. The predicted octanol–water partition coefficient (Wildman–Crippen LogP) is 2.96. The molecule has 11 heteroatoms. The fourth-order valence-corrected chi connectivity index (χ4v) is 2.98. The van der Waals surface area contributed by atoms with E-state index >= 15 is 0 Å². The van der Waals surface area contributed by atoms with E-state index < -0.39 is 52.0 Å². The van der Waals surface area contributed by atoms with Gasteiger partial charge in [-0.05, 0) is 18.2 Å². The largest absolute Gasteiger partial charge is 0.383 e. The van der Waals surface area contributed by atoms with E-state index in [-0.39, 0.29) is 17.1 Å². The van der Waals surface area contributed by atoms with Crippen LogP contribution in [0.25, 0.3) is 17.3 Å². The van der Waals surface area contributed by atoms with Crippen LogP contribution in [0.4, 0.5) is 27.8 Å². The van der Waals surface area contributed by atoms with Crippen molar-refractivity contribution in [1.82, 2.24) is 15.1 Å². The zero-order chi connectivity index (χ0) is 21.7. The van der Waals surface area contributed by atoms with E-state index in [1.54, 1.807) is 30.3 Å². The summed E-state index contributed by atoms with van der Waals surface area (Å²) >= 11 is 0. The van der Waals surface area contributed by atoms with Gasteiger partial charge in [-0.25, -0.2) is 26.6 Å². The fraction of sp³-hybridized carbons (Fsp3) is 0. The van der Waals surface area contributed by atoms with Gasteiger partial charge in [0.15, 0.2) is 23.3 Å². The average molecular weight is 420 g/mol. The molecular weight excluding hydrogens is 411 g/mol. The summed E-state index contributed by atoms with van der Waals surface area (Å²) in [5.41, 5.74) is 3.75. The SMILES string of the molecule is Nc1c2c(nn1-c1ccccc1)/C(=C\c1c(F)c(F)c(F)c(F)c1F)C(=O)NC2=O. The van der Waals surface area contributed by atoms with Gasteiger partial charge < -0.3 is 5.73 Å². The predicted molar refractivity (Wildman–Crippen MR) is 94.6 cm³/mol. The third kappa shape index (κ3) is 2.74. The number of nitrogens with one attached hydrogen (secondary N) is 1. The van der Waals surface area contributed by atoms with Crippen molar-refractivity contribution in [3.8, 4) is 5.69 Å². The minimum Gasteiger partial charge on any atom is -0.383 e. The van der Waals surface area contributed by atoms with Crippen molar-refractivity contribution >= 4 is 29.3 Å². The Kier molecular flexibility index (Phi) is 4.37. The molecular formula is C19H9F5N4O2. The Labute approximate surface area is 164 Å². The number of hydrogen-bond acceptors (Lipinski definition) is 4. The van der Waals surface area contributed by atoms with Crippen molar-refractivity contribution in [1.29, 1.82) is 0 Å². The van der Waals surface area contributed by atoms with Gasteiger partial charge in [0.1, 0.15) is 17.1 Å². The number of anilines is 1. The van der Waals surface area contributed by atoms with Crippen LogP contribution in [-0.4, -0.2) is 21.6 Å². The number of imide groups is 1. The number of rotatable bonds is 2. The monoisotopic (exact) mass is 420 g/mol. The molecule has 2 heterocycles. The molecule has 30 heavy (non-hydrogen) atoms. The molecule has 0 atom stereocenters. The highest BCUT2D eigenvalue weighted by atomic mass is 19.2. The number of hydrogen-bond donors (Lipinski definition) is 2. The van der Waals surface area contributed by atoms with Crippen LogP contribution in [0.1, 0.15) is 21.6 Å². The van der Waals surface area contributed by atoms with Crippen molar-refractivity contribution in [2.45, 2.75) is 0 Å². The van der Waals surface area contributed by atoms with E-state index in [0.29, 0.717) is 11.8 Å². The zero-order valence-electron chi connectivity index (χ0n) is 14.6. The van der Waals surface area contributed by atoms with Crippen molar-refractivity contribution in [3.05, 3.63) is 76.2 Å². The maximum atomic E-state index is 14.1. The molecule has 0 fully saturated rings. The Bertz CT molecular complexity index is 1240. The number of amides is 2. The number of aromatic nitrogens is 2.